The third-order valence-electron chi connectivity index (χ3n) is 4.41. The number of nitrogens with zero attached hydrogens (tertiary/aromatic N) is 1. The molecule has 3 rings (SSSR count). The Balaban J connectivity index is 0.00000300. The molecule has 0 spiro atoms. The molecule has 0 saturated carbocycles. The molecular formula is C21H27FIN3O2S. The molecule has 0 aromatic heterocycles. The number of halogens is 2. The van der Waals surface area contributed by atoms with Crippen LogP contribution in [0.4, 0.5) is 4.39 Å². The molecule has 0 bridgehead atoms. The first-order chi connectivity index (χ1) is 13.7. The van der Waals surface area contributed by atoms with Crippen LogP contribution in [0.5, 0.6) is 11.5 Å². The Bertz CT molecular complexity index is 836. The Labute approximate surface area is 192 Å². The number of nitrogens with one attached hydrogen (secondary N) is 2. The number of hydrogen-bond acceptors (Lipinski definition) is 4. The van der Waals surface area contributed by atoms with Gasteiger partial charge in [-0.3, -0.25) is 4.99 Å². The second-order valence-electron chi connectivity index (χ2n) is 6.46. The maximum atomic E-state index is 13.5. The summed E-state index contributed by atoms with van der Waals surface area (Å²) in [4.78, 5) is 4.27. The summed E-state index contributed by atoms with van der Waals surface area (Å²) in [7, 11) is 1.73. The van der Waals surface area contributed by atoms with Crippen molar-refractivity contribution < 1.29 is 13.9 Å². The van der Waals surface area contributed by atoms with Crippen molar-refractivity contribution in [2.75, 3.05) is 26.5 Å². The van der Waals surface area contributed by atoms with E-state index >= 15 is 0 Å². The molecule has 0 aliphatic carbocycles. The molecule has 0 fully saturated rings. The summed E-state index contributed by atoms with van der Waals surface area (Å²) < 4.78 is 24.9. The van der Waals surface area contributed by atoms with E-state index in [0.717, 1.165) is 40.4 Å². The predicted molar refractivity (Wildman–Crippen MR) is 128 cm³/mol. The summed E-state index contributed by atoms with van der Waals surface area (Å²) in [5, 5.41) is 6.60. The number of aliphatic imine (C=N–C) groups is 1. The summed E-state index contributed by atoms with van der Waals surface area (Å²) in [5.74, 6) is 2.84. The van der Waals surface area contributed by atoms with Crippen molar-refractivity contribution in [2.45, 2.75) is 25.3 Å². The molecule has 5 nitrogen and oxygen atoms in total. The maximum absolute atomic E-state index is 13.5. The number of rotatable bonds is 6. The topological polar surface area (TPSA) is 54.9 Å². The van der Waals surface area contributed by atoms with Gasteiger partial charge < -0.3 is 20.1 Å². The van der Waals surface area contributed by atoms with E-state index in [2.05, 4.69) is 15.6 Å². The van der Waals surface area contributed by atoms with Crippen molar-refractivity contribution in [3.05, 3.63) is 58.9 Å². The van der Waals surface area contributed by atoms with Crippen LogP contribution in [0.1, 0.15) is 23.1 Å². The van der Waals surface area contributed by atoms with Crippen LogP contribution in [0.15, 0.2) is 41.4 Å². The first-order valence-corrected chi connectivity index (χ1v) is 10.7. The van der Waals surface area contributed by atoms with Gasteiger partial charge in [0.15, 0.2) is 17.5 Å². The summed E-state index contributed by atoms with van der Waals surface area (Å²) in [6, 6.07) is 10.9. The van der Waals surface area contributed by atoms with Gasteiger partial charge in [-0.05, 0) is 47.2 Å². The minimum absolute atomic E-state index is 0. The smallest absolute Gasteiger partial charge is 0.191 e. The Kier molecular flexibility index (Phi) is 9.86. The molecule has 2 aromatic rings. The Hall–Kier alpha value is -1.68. The Morgan fingerprint density at radius 2 is 1.79 bits per heavy atom. The van der Waals surface area contributed by atoms with Gasteiger partial charge in [0.1, 0.15) is 5.82 Å². The third kappa shape index (κ3) is 6.95. The summed E-state index contributed by atoms with van der Waals surface area (Å²) in [6.45, 7) is 2.54. The fraction of sp³-hybridized carbons (Fsp3) is 0.381. The Morgan fingerprint density at radius 3 is 2.55 bits per heavy atom. The second kappa shape index (κ2) is 12.1. The van der Waals surface area contributed by atoms with Gasteiger partial charge in [0, 0.05) is 32.3 Å². The van der Waals surface area contributed by atoms with Gasteiger partial charge in [0.2, 0.25) is 0 Å². The minimum atomic E-state index is -0.204. The van der Waals surface area contributed by atoms with E-state index in [0.29, 0.717) is 32.3 Å². The van der Waals surface area contributed by atoms with Crippen LogP contribution in [-0.2, 0) is 18.8 Å². The molecule has 0 radical (unpaired) electrons. The number of fused-ring (bicyclic) bond motifs is 1. The van der Waals surface area contributed by atoms with Crippen molar-refractivity contribution in [1.29, 1.82) is 0 Å². The molecule has 1 aliphatic heterocycles. The average molecular weight is 531 g/mol. The average Bonchev–Trinajstić information content (AvgIpc) is 2.94. The lowest BCUT2D eigenvalue weighted by Crippen LogP contribution is -2.36. The SMILES string of the molecule is CN=C(NCc1ccc2c(c1)OCCCO2)NCc1ccc(F)cc1CSC.I. The minimum Gasteiger partial charge on any atom is -0.490 e. The lowest BCUT2D eigenvalue weighted by atomic mass is 10.1. The lowest BCUT2D eigenvalue weighted by molar-refractivity contribution is 0.297. The van der Waals surface area contributed by atoms with Crippen LogP contribution in [0.25, 0.3) is 0 Å². The molecule has 0 saturated heterocycles. The quantitative estimate of drug-likeness (QED) is 0.330. The van der Waals surface area contributed by atoms with Crippen molar-refractivity contribution in [1.82, 2.24) is 10.6 Å². The van der Waals surface area contributed by atoms with Crippen molar-refractivity contribution >= 4 is 41.7 Å². The van der Waals surface area contributed by atoms with Crippen molar-refractivity contribution in [3.8, 4) is 11.5 Å². The van der Waals surface area contributed by atoms with Crippen molar-refractivity contribution in [2.24, 2.45) is 4.99 Å². The molecule has 8 heteroatoms. The summed E-state index contributed by atoms with van der Waals surface area (Å²) in [5.41, 5.74) is 3.14. The van der Waals surface area contributed by atoms with Crippen LogP contribution in [0.3, 0.4) is 0 Å². The zero-order chi connectivity index (χ0) is 19.8. The normalized spacial score (nSPS) is 13.3. The predicted octanol–water partition coefficient (Wildman–Crippen LogP) is 4.33. The van der Waals surface area contributed by atoms with Gasteiger partial charge in [-0.1, -0.05) is 12.1 Å². The highest BCUT2D eigenvalue weighted by molar-refractivity contribution is 14.0. The van der Waals surface area contributed by atoms with Gasteiger partial charge in [-0.2, -0.15) is 11.8 Å². The zero-order valence-electron chi connectivity index (χ0n) is 16.7. The van der Waals surface area contributed by atoms with Gasteiger partial charge in [-0.15, -0.1) is 24.0 Å². The molecule has 0 unspecified atom stereocenters. The molecule has 0 atom stereocenters. The molecule has 1 aliphatic rings. The fourth-order valence-electron chi connectivity index (χ4n) is 2.96. The second-order valence-corrected chi connectivity index (χ2v) is 7.32. The van der Waals surface area contributed by atoms with Gasteiger partial charge in [0.25, 0.3) is 0 Å². The molecule has 0 amide bonds. The highest BCUT2D eigenvalue weighted by Crippen LogP contribution is 2.30. The number of thioether (sulfide) groups is 1. The van der Waals surface area contributed by atoms with Gasteiger partial charge in [0.05, 0.1) is 13.2 Å². The number of guanidine groups is 1. The molecule has 158 valence electrons. The van der Waals surface area contributed by atoms with E-state index in [9.17, 15) is 4.39 Å². The Morgan fingerprint density at radius 1 is 1.03 bits per heavy atom. The van der Waals surface area contributed by atoms with E-state index in [1.807, 2.05) is 30.5 Å². The van der Waals surface area contributed by atoms with Crippen molar-refractivity contribution in [3.63, 3.8) is 0 Å². The fourth-order valence-corrected chi connectivity index (χ4v) is 3.54. The van der Waals surface area contributed by atoms with E-state index in [4.69, 9.17) is 9.47 Å². The van der Waals surface area contributed by atoms with Gasteiger partial charge >= 0.3 is 0 Å². The largest absolute Gasteiger partial charge is 0.490 e. The molecule has 2 aromatic carbocycles. The van der Waals surface area contributed by atoms with Gasteiger partial charge in [-0.25, -0.2) is 4.39 Å². The van der Waals surface area contributed by atoms with Crippen LogP contribution in [0, 0.1) is 5.82 Å². The number of benzene rings is 2. The van der Waals surface area contributed by atoms with Crippen LogP contribution in [-0.4, -0.2) is 32.5 Å². The van der Waals surface area contributed by atoms with E-state index in [-0.39, 0.29) is 29.8 Å². The number of hydrogen-bond donors (Lipinski definition) is 2. The lowest BCUT2D eigenvalue weighted by Gasteiger charge is -2.15. The molecular weight excluding hydrogens is 504 g/mol. The summed E-state index contributed by atoms with van der Waals surface area (Å²) in [6.07, 6.45) is 2.90. The standard InChI is InChI=1S/C21H26FN3O2S.HI/c1-23-21(25-13-16-5-6-18(22)11-17(16)14-28-2)24-12-15-4-7-19-20(10-15)27-9-3-8-26-19;/h4-7,10-11H,3,8-9,12-14H2,1-2H3,(H2,23,24,25);1H. The monoisotopic (exact) mass is 531 g/mol. The highest BCUT2D eigenvalue weighted by Gasteiger charge is 2.11. The maximum Gasteiger partial charge on any atom is 0.191 e. The molecule has 29 heavy (non-hydrogen) atoms. The third-order valence-corrected chi connectivity index (χ3v) is 5.01. The zero-order valence-corrected chi connectivity index (χ0v) is 19.8. The van der Waals surface area contributed by atoms with Crippen LogP contribution < -0.4 is 20.1 Å². The molecule has 2 N–H and O–H groups in total. The molecule has 1 heterocycles. The van der Waals surface area contributed by atoms with Crippen LogP contribution >= 0.6 is 35.7 Å². The highest BCUT2D eigenvalue weighted by atomic mass is 127. The number of ether oxygens (including phenoxy) is 2. The first kappa shape index (κ1) is 23.6. The van der Waals surface area contributed by atoms with E-state index in [1.165, 1.54) is 6.07 Å². The van der Waals surface area contributed by atoms with E-state index in [1.54, 1.807) is 24.9 Å². The first-order valence-electron chi connectivity index (χ1n) is 9.29. The van der Waals surface area contributed by atoms with E-state index < -0.39 is 0 Å². The van der Waals surface area contributed by atoms with Crippen LogP contribution in [0.2, 0.25) is 0 Å². The summed E-state index contributed by atoms with van der Waals surface area (Å²) >= 11 is 1.68.